The van der Waals surface area contributed by atoms with Crippen LogP contribution >= 0.6 is 46.3 Å². The fraction of sp³-hybridized carbons (Fsp3) is 0.263. The minimum Gasteiger partial charge on any atom is -0.481 e. The Balaban J connectivity index is 1.67. The van der Waals surface area contributed by atoms with E-state index < -0.39 is 6.10 Å². The van der Waals surface area contributed by atoms with Gasteiger partial charge >= 0.3 is 0 Å². The topological polar surface area (TPSA) is 92.8 Å². The summed E-state index contributed by atoms with van der Waals surface area (Å²) in [6.07, 6.45) is -0.430. The number of nitrogens with one attached hydrogen (secondary N) is 1. The number of hydrogen-bond donors (Lipinski definition) is 1. The predicted octanol–water partition coefficient (Wildman–Crippen LogP) is 5.41. The van der Waals surface area contributed by atoms with E-state index in [1.807, 2.05) is 24.5 Å². The number of hydrogen-bond acceptors (Lipinski definition) is 7. The number of nitrogens with zero attached hydrogens (tertiary/aromatic N) is 4. The average Bonchev–Trinajstić information content (AvgIpc) is 3.35. The van der Waals surface area contributed by atoms with Crippen LogP contribution in [-0.2, 0) is 11.3 Å². The molecule has 0 aliphatic heterocycles. The number of anilines is 1. The van der Waals surface area contributed by atoms with Crippen molar-refractivity contribution in [2.24, 2.45) is 0 Å². The summed E-state index contributed by atoms with van der Waals surface area (Å²) in [6.45, 7) is 4.41. The van der Waals surface area contributed by atoms with Crippen molar-refractivity contribution in [1.82, 2.24) is 14.8 Å². The van der Waals surface area contributed by atoms with Gasteiger partial charge in [-0.1, -0.05) is 35.0 Å². The summed E-state index contributed by atoms with van der Waals surface area (Å²) in [6, 6.07) is 8.71. The Kier molecular flexibility index (Phi) is 7.61. The molecule has 30 heavy (non-hydrogen) atoms. The first kappa shape index (κ1) is 22.4. The largest absolute Gasteiger partial charge is 0.481 e. The monoisotopic (exact) mass is 481 g/mol. The van der Waals surface area contributed by atoms with Gasteiger partial charge in [0.25, 0.3) is 0 Å². The van der Waals surface area contributed by atoms with Gasteiger partial charge in [-0.2, -0.15) is 5.26 Å². The molecular weight excluding hydrogens is 465 g/mol. The molecule has 0 saturated heterocycles. The maximum absolute atomic E-state index is 12.3. The van der Waals surface area contributed by atoms with E-state index in [1.54, 1.807) is 29.6 Å². The van der Waals surface area contributed by atoms with Crippen molar-refractivity contribution in [3.63, 3.8) is 0 Å². The molecule has 1 amide bonds. The Bertz CT molecular complexity index is 1090. The number of thioether (sulfide) groups is 1. The van der Waals surface area contributed by atoms with Crippen LogP contribution in [0.25, 0.3) is 0 Å². The molecule has 0 bridgehead atoms. The molecule has 0 aliphatic carbocycles. The number of ether oxygens (including phenoxy) is 1. The summed E-state index contributed by atoms with van der Waals surface area (Å²) in [5.41, 5.74) is 0.447. The second kappa shape index (κ2) is 10.2. The first-order valence-electron chi connectivity index (χ1n) is 8.88. The third-order valence-electron chi connectivity index (χ3n) is 3.99. The quantitative estimate of drug-likeness (QED) is 0.432. The first-order valence-corrected chi connectivity index (χ1v) is 11.5. The van der Waals surface area contributed by atoms with Crippen LogP contribution in [-0.4, -0.2) is 26.4 Å². The lowest BCUT2D eigenvalue weighted by Crippen LogP contribution is -2.15. The molecule has 0 radical (unpaired) electrons. The molecule has 3 aromatic rings. The Labute approximate surface area is 192 Å². The zero-order valence-electron chi connectivity index (χ0n) is 16.1. The van der Waals surface area contributed by atoms with Gasteiger partial charge in [-0.3, -0.25) is 4.79 Å². The molecule has 1 N–H and O–H groups in total. The van der Waals surface area contributed by atoms with Gasteiger partial charge in [0, 0.05) is 17.6 Å². The third-order valence-corrected chi connectivity index (χ3v) is 6.34. The number of halogens is 2. The average molecular weight is 482 g/mol. The van der Waals surface area contributed by atoms with E-state index in [-0.39, 0.29) is 11.7 Å². The number of thiophene rings is 1. The number of aromatic nitrogens is 3. The molecule has 3 rings (SSSR count). The molecule has 156 valence electrons. The van der Waals surface area contributed by atoms with Crippen LogP contribution in [0.1, 0.15) is 31.3 Å². The van der Waals surface area contributed by atoms with E-state index in [9.17, 15) is 4.79 Å². The number of carbonyl (C=O) groups excluding carboxylic acids is 1. The molecular formula is C19H17Cl2N5O2S2. The Morgan fingerprint density at radius 2 is 2.20 bits per heavy atom. The molecule has 2 heterocycles. The molecule has 7 nitrogen and oxygen atoms in total. The van der Waals surface area contributed by atoms with Gasteiger partial charge in [-0.15, -0.1) is 21.5 Å². The van der Waals surface area contributed by atoms with Gasteiger partial charge in [0.15, 0.2) is 17.1 Å². The highest BCUT2D eigenvalue weighted by atomic mass is 35.5. The molecule has 11 heteroatoms. The van der Waals surface area contributed by atoms with Crippen LogP contribution in [0.5, 0.6) is 5.75 Å². The van der Waals surface area contributed by atoms with Crippen molar-refractivity contribution in [3.8, 4) is 11.8 Å². The van der Waals surface area contributed by atoms with Crippen molar-refractivity contribution in [2.75, 3.05) is 11.1 Å². The minimum absolute atomic E-state index is 0.135. The highest BCUT2D eigenvalue weighted by Crippen LogP contribution is 2.32. The number of rotatable bonds is 8. The second-order valence-corrected chi connectivity index (χ2v) is 8.73. The first-order chi connectivity index (χ1) is 14.4. The van der Waals surface area contributed by atoms with Gasteiger partial charge < -0.3 is 14.6 Å². The van der Waals surface area contributed by atoms with Gasteiger partial charge in [0.05, 0.1) is 16.3 Å². The summed E-state index contributed by atoms with van der Waals surface area (Å²) in [7, 11) is 0. The predicted molar refractivity (Wildman–Crippen MR) is 120 cm³/mol. The molecule has 2 aromatic heterocycles. The van der Waals surface area contributed by atoms with E-state index in [1.165, 1.54) is 23.1 Å². The highest BCUT2D eigenvalue weighted by molar-refractivity contribution is 7.99. The normalized spacial score (nSPS) is 11.7. The van der Waals surface area contributed by atoms with Gasteiger partial charge in [0.1, 0.15) is 16.8 Å². The molecule has 1 aromatic carbocycles. The van der Waals surface area contributed by atoms with Crippen molar-refractivity contribution >= 4 is 57.2 Å². The number of nitriles is 1. The zero-order chi connectivity index (χ0) is 21.7. The lowest BCUT2D eigenvalue weighted by molar-refractivity contribution is -0.113. The molecule has 1 unspecified atom stereocenters. The maximum atomic E-state index is 12.3. The SMILES string of the molecule is CCn1c(SCC(=O)Nc2sccc2C#N)nnc1C(C)Oc1cc(Cl)ccc1Cl. The van der Waals surface area contributed by atoms with Crippen molar-refractivity contribution in [2.45, 2.75) is 31.7 Å². The fourth-order valence-corrected chi connectivity index (χ4v) is 4.49. The Morgan fingerprint density at radius 1 is 1.40 bits per heavy atom. The van der Waals surface area contributed by atoms with Gasteiger partial charge in [-0.25, -0.2) is 0 Å². The van der Waals surface area contributed by atoms with Crippen LogP contribution < -0.4 is 10.1 Å². The van der Waals surface area contributed by atoms with Crippen LogP contribution in [0.15, 0.2) is 34.8 Å². The van der Waals surface area contributed by atoms with Crippen molar-refractivity contribution in [3.05, 3.63) is 51.1 Å². The lowest BCUT2D eigenvalue weighted by atomic mass is 10.3. The maximum Gasteiger partial charge on any atom is 0.235 e. The smallest absolute Gasteiger partial charge is 0.235 e. The van der Waals surface area contributed by atoms with Gasteiger partial charge in [-0.05, 0) is 37.4 Å². The molecule has 0 fully saturated rings. The number of benzene rings is 1. The summed E-state index contributed by atoms with van der Waals surface area (Å²) in [5.74, 6) is 0.985. The van der Waals surface area contributed by atoms with E-state index in [0.717, 1.165) is 0 Å². The van der Waals surface area contributed by atoms with Crippen molar-refractivity contribution in [1.29, 1.82) is 5.26 Å². The van der Waals surface area contributed by atoms with E-state index in [4.69, 9.17) is 33.2 Å². The Hall–Kier alpha value is -2.25. The zero-order valence-corrected chi connectivity index (χ0v) is 19.2. The summed E-state index contributed by atoms with van der Waals surface area (Å²) >= 11 is 14.8. The third kappa shape index (κ3) is 5.26. The summed E-state index contributed by atoms with van der Waals surface area (Å²) in [4.78, 5) is 12.3. The lowest BCUT2D eigenvalue weighted by Gasteiger charge is -2.16. The Morgan fingerprint density at radius 3 is 2.93 bits per heavy atom. The standard InChI is InChI=1S/C19H17Cl2N5O2S2/c1-3-26-17(11(2)28-15-8-13(20)4-5-14(15)21)24-25-19(26)30-10-16(27)23-18-12(9-22)6-7-29-18/h4-8,11H,3,10H2,1-2H3,(H,23,27). The van der Waals surface area contributed by atoms with Crippen molar-refractivity contribution < 1.29 is 9.53 Å². The van der Waals surface area contributed by atoms with Crippen LogP contribution in [0.3, 0.4) is 0 Å². The molecule has 0 spiro atoms. The van der Waals surface area contributed by atoms with E-state index >= 15 is 0 Å². The summed E-state index contributed by atoms with van der Waals surface area (Å²) in [5, 5.41) is 24.1. The second-order valence-electron chi connectivity index (χ2n) is 6.03. The molecule has 1 atom stereocenters. The fourth-order valence-electron chi connectivity index (χ4n) is 2.60. The number of carbonyl (C=O) groups is 1. The van der Waals surface area contributed by atoms with Crippen LogP contribution in [0.2, 0.25) is 10.0 Å². The molecule has 0 aliphatic rings. The van der Waals surface area contributed by atoms with Crippen LogP contribution in [0, 0.1) is 11.3 Å². The van der Waals surface area contributed by atoms with Gasteiger partial charge in [0.2, 0.25) is 5.91 Å². The van der Waals surface area contributed by atoms with E-state index in [0.29, 0.717) is 43.9 Å². The minimum atomic E-state index is -0.430. The molecule has 0 saturated carbocycles. The van der Waals surface area contributed by atoms with Crippen LogP contribution in [0.4, 0.5) is 5.00 Å². The van der Waals surface area contributed by atoms with E-state index in [2.05, 4.69) is 15.5 Å². The highest BCUT2D eigenvalue weighted by Gasteiger charge is 2.20. The number of amides is 1. The summed E-state index contributed by atoms with van der Waals surface area (Å²) < 4.78 is 7.81.